The Bertz CT molecular complexity index is 396. The van der Waals surface area contributed by atoms with Crippen LogP contribution in [0.15, 0.2) is 18.2 Å². The molecule has 0 aromatic heterocycles. The molecule has 0 spiro atoms. The number of nitrogens with two attached hydrogens (primary N) is 1. The number of fused-ring (bicyclic) bond motifs is 1. The summed E-state index contributed by atoms with van der Waals surface area (Å²) in [6, 6.07) is 6.76. The summed E-state index contributed by atoms with van der Waals surface area (Å²) in [5.41, 5.74) is 8.55. The van der Waals surface area contributed by atoms with Gasteiger partial charge < -0.3 is 15.8 Å². The zero-order chi connectivity index (χ0) is 12.5. The molecule has 1 aliphatic heterocycles. The van der Waals surface area contributed by atoms with Gasteiger partial charge in [0.15, 0.2) is 0 Å². The minimum atomic E-state index is -0.164. The number of hydrogen-bond donors (Lipinski definition) is 2. The van der Waals surface area contributed by atoms with Gasteiger partial charge in [-0.1, -0.05) is 12.1 Å². The van der Waals surface area contributed by atoms with Crippen molar-refractivity contribution < 1.29 is 4.74 Å². The molecule has 1 atom stereocenters. The van der Waals surface area contributed by atoms with Gasteiger partial charge in [-0.2, -0.15) is 0 Å². The van der Waals surface area contributed by atoms with Gasteiger partial charge in [-0.25, -0.2) is 0 Å². The molecule has 0 bridgehead atoms. The van der Waals surface area contributed by atoms with E-state index in [1.807, 2.05) is 7.05 Å². The van der Waals surface area contributed by atoms with Crippen LogP contribution in [0.25, 0.3) is 0 Å². The highest BCUT2D eigenvalue weighted by Crippen LogP contribution is 2.30. The molecule has 1 heterocycles. The molecule has 0 aliphatic carbocycles. The summed E-state index contributed by atoms with van der Waals surface area (Å²) in [5.74, 6) is 1.04. The molecule has 1 aromatic carbocycles. The molecule has 3 N–H and O–H groups in total. The molecule has 3 nitrogen and oxygen atoms in total. The van der Waals surface area contributed by atoms with Crippen molar-refractivity contribution in [3.8, 4) is 5.75 Å². The van der Waals surface area contributed by atoms with Gasteiger partial charge in [0.1, 0.15) is 5.75 Å². The summed E-state index contributed by atoms with van der Waals surface area (Å²) < 4.78 is 5.52. The van der Waals surface area contributed by atoms with Gasteiger partial charge in [-0.15, -0.1) is 0 Å². The standard InChI is InChI=1S/C14H22N2O/c1-14(2,15)9-12(16-3)10-4-5-13-11(8-10)6-7-17-13/h4-5,8,12,16H,6-7,9,15H2,1-3H3. The SMILES string of the molecule is CNC(CC(C)(C)N)c1ccc2c(c1)CCO2. The Kier molecular flexibility index (Phi) is 3.40. The molecule has 94 valence electrons. The molecule has 1 aliphatic rings. The molecule has 0 saturated heterocycles. The highest BCUT2D eigenvalue weighted by atomic mass is 16.5. The Morgan fingerprint density at radius 2 is 2.24 bits per heavy atom. The van der Waals surface area contributed by atoms with E-state index in [9.17, 15) is 0 Å². The van der Waals surface area contributed by atoms with Gasteiger partial charge in [0.2, 0.25) is 0 Å². The van der Waals surface area contributed by atoms with Gasteiger partial charge in [0, 0.05) is 18.0 Å². The molecule has 3 heteroatoms. The molecule has 1 aromatic rings. The van der Waals surface area contributed by atoms with Gasteiger partial charge >= 0.3 is 0 Å². The first kappa shape index (κ1) is 12.4. The quantitative estimate of drug-likeness (QED) is 0.837. The van der Waals surface area contributed by atoms with E-state index in [1.54, 1.807) is 0 Å². The van der Waals surface area contributed by atoms with Crippen molar-refractivity contribution in [1.29, 1.82) is 0 Å². The topological polar surface area (TPSA) is 47.3 Å². The molecule has 0 fully saturated rings. The summed E-state index contributed by atoms with van der Waals surface area (Å²) in [6.45, 7) is 4.94. The Hall–Kier alpha value is -1.06. The van der Waals surface area contributed by atoms with Crippen LogP contribution >= 0.6 is 0 Å². The zero-order valence-corrected chi connectivity index (χ0v) is 10.9. The van der Waals surface area contributed by atoms with Crippen molar-refractivity contribution in [3.63, 3.8) is 0 Å². The lowest BCUT2D eigenvalue weighted by Gasteiger charge is -2.26. The Morgan fingerprint density at radius 3 is 2.88 bits per heavy atom. The molecule has 0 radical (unpaired) electrons. The molecule has 2 rings (SSSR count). The first-order valence-corrected chi connectivity index (χ1v) is 6.21. The Morgan fingerprint density at radius 1 is 1.47 bits per heavy atom. The highest BCUT2D eigenvalue weighted by molar-refractivity contribution is 5.40. The van der Waals surface area contributed by atoms with E-state index in [-0.39, 0.29) is 5.54 Å². The van der Waals surface area contributed by atoms with Crippen molar-refractivity contribution >= 4 is 0 Å². The normalized spacial score (nSPS) is 16.5. The first-order chi connectivity index (χ1) is 7.99. The fourth-order valence-corrected chi connectivity index (χ4v) is 2.34. The molecule has 1 unspecified atom stereocenters. The summed E-state index contributed by atoms with van der Waals surface area (Å²) >= 11 is 0. The third-order valence-corrected chi connectivity index (χ3v) is 3.19. The molecular weight excluding hydrogens is 212 g/mol. The van der Waals surface area contributed by atoms with E-state index in [2.05, 4.69) is 37.4 Å². The van der Waals surface area contributed by atoms with Crippen LogP contribution in [0.2, 0.25) is 0 Å². The maximum absolute atomic E-state index is 6.10. The van der Waals surface area contributed by atoms with Crippen LogP contribution in [0, 0.1) is 0 Å². The second-order valence-corrected chi connectivity index (χ2v) is 5.50. The van der Waals surface area contributed by atoms with E-state index in [0.717, 1.165) is 25.2 Å². The predicted octanol–water partition coefficient (Wildman–Crippen LogP) is 2.01. The third kappa shape index (κ3) is 2.99. The van der Waals surface area contributed by atoms with Crippen LogP contribution in [0.4, 0.5) is 0 Å². The molecule has 17 heavy (non-hydrogen) atoms. The monoisotopic (exact) mass is 234 g/mol. The van der Waals surface area contributed by atoms with Gasteiger partial charge in [-0.05, 0) is 44.5 Å². The summed E-state index contributed by atoms with van der Waals surface area (Å²) in [7, 11) is 1.99. The minimum Gasteiger partial charge on any atom is -0.493 e. The predicted molar refractivity (Wildman–Crippen MR) is 70.3 cm³/mol. The average molecular weight is 234 g/mol. The Labute approximate surface area is 103 Å². The molecule has 0 saturated carbocycles. The number of ether oxygens (including phenoxy) is 1. The smallest absolute Gasteiger partial charge is 0.122 e. The van der Waals surface area contributed by atoms with Crippen molar-refractivity contribution in [2.45, 2.75) is 38.3 Å². The van der Waals surface area contributed by atoms with Crippen LogP contribution in [-0.2, 0) is 6.42 Å². The van der Waals surface area contributed by atoms with E-state index in [1.165, 1.54) is 11.1 Å². The van der Waals surface area contributed by atoms with Crippen LogP contribution in [0.5, 0.6) is 5.75 Å². The van der Waals surface area contributed by atoms with Crippen LogP contribution in [0.1, 0.15) is 37.4 Å². The number of benzene rings is 1. The third-order valence-electron chi connectivity index (χ3n) is 3.19. The maximum atomic E-state index is 6.10. The largest absolute Gasteiger partial charge is 0.493 e. The zero-order valence-electron chi connectivity index (χ0n) is 10.9. The van der Waals surface area contributed by atoms with E-state index < -0.39 is 0 Å². The van der Waals surface area contributed by atoms with Gasteiger partial charge in [-0.3, -0.25) is 0 Å². The van der Waals surface area contributed by atoms with Gasteiger partial charge in [0.05, 0.1) is 6.61 Å². The molecular formula is C14H22N2O. The molecule has 0 amide bonds. The summed E-state index contributed by atoms with van der Waals surface area (Å²) in [5, 5.41) is 3.35. The lowest BCUT2D eigenvalue weighted by Crippen LogP contribution is -2.36. The van der Waals surface area contributed by atoms with Crippen molar-refractivity contribution in [2.75, 3.05) is 13.7 Å². The van der Waals surface area contributed by atoms with Crippen molar-refractivity contribution in [1.82, 2.24) is 5.32 Å². The number of nitrogens with one attached hydrogen (secondary N) is 1. The first-order valence-electron chi connectivity index (χ1n) is 6.21. The Balaban J connectivity index is 2.20. The highest BCUT2D eigenvalue weighted by Gasteiger charge is 2.21. The fraction of sp³-hybridized carbons (Fsp3) is 0.571. The second kappa shape index (κ2) is 4.67. The van der Waals surface area contributed by atoms with Gasteiger partial charge in [0.25, 0.3) is 0 Å². The van der Waals surface area contributed by atoms with E-state index in [0.29, 0.717) is 6.04 Å². The van der Waals surface area contributed by atoms with E-state index in [4.69, 9.17) is 10.5 Å². The van der Waals surface area contributed by atoms with Crippen molar-refractivity contribution in [2.24, 2.45) is 5.73 Å². The summed E-state index contributed by atoms with van der Waals surface area (Å²) in [6.07, 6.45) is 1.94. The minimum absolute atomic E-state index is 0.164. The van der Waals surface area contributed by atoms with Crippen molar-refractivity contribution in [3.05, 3.63) is 29.3 Å². The fourth-order valence-electron chi connectivity index (χ4n) is 2.34. The van der Waals surface area contributed by atoms with E-state index >= 15 is 0 Å². The lowest BCUT2D eigenvalue weighted by molar-refractivity contribution is 0.356. The maximum Gasteiger partial charge on any atom is 0.122 e. The average Bonchev–Trinajstić information content (AvgIpc) is 2.71. The number of hydrogen-bond acceptors (Lipinski definition) is 3. The summed E-state index contributed by atoms with van der Waals surface area (Å²) in [4.78, 5) is 0. The number of rotatable bonds is 4. The lowest BCUT2D eigenvalue weighted by atomic mass is 9.91. The second-order valence-electron chi connectivity index (χ2n) is 5.50. The van der Waals surface area contributed by atoms with Crippen LogP contribution in [-0.4, -0.2) is 19.2 Å². The van der Waals surface area contributed by atoms with Crippen LogP contribution in [0.3, 0.4) is 0 Å². The van der Waals surface area contributed by atoms with Crippen LogP contribution < -0.4 is 15.8 Å².